The Kier molecular flexibility index (Phi) is 7.34. The fraction of sp³-hybridized carbons (Fsp3) is 0.120. The zero-order valence-corrected chi connectivity index (χ0v) is 19.1. The fourth-order valence-corrected chi connectivity index (χ4v) is 3.92. The van der Waals surface area contributed by atoms with Gasteiger partial charge in [0, 0.05) is 16.9 Å². The number of amides is 1. The number of carbonyl (C=O) groups excluding carboxylic acids is 2. The lowest BCUT2D eigenvalue weighted by molar-refractivity contribution is -0.144. The minimum absolute atomic E-state index is 0.0635. The van der Waals surface area contributed by atoms with Gasteiger partial charge in [0.2, 0.25) is 0 Å². The molecule has 1 aromatic heterocycles. The van der Waals surface area contributed by atoms with Crippen LogP contribution >= 0.6 is 11.8 Å². The second-order valence-corrected chi connectivity index (χ2v) is 8.24. The molecule has 0 saturated carbocycles. The summed E-state index contributed by atoms with van der Waals surface area (Å²) in [5.74, 6) is -1.02. The van der Waals surface area contributed by atoms with Crippen molar-refractivity contribution in [2.45, 2.75) is 12.1 Å². The average Bonchev–Trinajstić information content (AvgIpc) is 3.29. The number of para-hydroxylation sites is 1. The fourth-order valence-electron chi connectivity index (χ4n) is 3.17. The largest absolute Gasteiger partial charge is 0.455 e. The summed E-state index contributed by atoms with van der Waals surface area (Å²) in [4.78, 5) is 24.4. The molecular weight excluding hydrogens is 455 g/mol. The number of rotatable bonds is 8. The minimum Gasteiger partial charge on any atom is -0.455 e. The molecule has 4 rings (SSSR count). The predicted molar refractivity (Wildman–Crippen MR) is 128 cm³/mol. The molecule has 0 radical (unpaired) electrons. The first kappa shape index (κ1) is 23.2. The van der Waals surface area contributed by atoms with Crippen LogP contribution in [0.1, 0.15) is 5.56 Å². The number of aryl methyl sites for hydroxylation is 1. The third-order valence-corrected chi connectivity index (χ3v) is 5.74. The molecule has 7 nitrogen and oxygen atoms in total. The van der Waals surface area contributed by atoms with Crippen LogP contribution in [0.25, 0.3) is 17.1 Å². The van der Waals surface area contributed by atoms with Gasteiger partial charge in [0.05, 0.1) is 5.75 Å². The normalized spacial score (nSPS) is 10.6. The second-order valence-electron chi connectivity index (χ2n) is 7.30. The lowest BCUT2D eigenvalue weighted by atomic mass is 10.2. The van der Waals surface area contributed by atoms with Gasteiger partial charge in [0.25, 0.3) is 5.91 Å². The topological polar surface area (TPSA) is 86.1 Å². The van der Waals surface area contributed by atoms with E-state index in [2.05, 4.69) is 15.5 Å². The van der Waals surface area contributed by atoms with Crippen molar-refractivity contribution < 1.29 is 18.7 Å². The highest BCUT2D eigenvalue weighted by Crippen LogP contribution is 2.27. The third-order valence-electron chi connectivity index (χ3n) is 4.84. The Labute approximate surface area is 200 Å². The summed E-state index contributed by atoms with van der Waals surface area (Å²) in [7, 11) is 0. The van der Waals surface area contributed by atoms with Gasteiger partial charge in [-0.1, -0.05) is 66.4 Å². The van der Waals surface area contributed by atoms with Crippen LogP contribution in [0.4, 0.5) is 10.1 Å². The van der Waals surface area contributed by atoms with Crippen LogP contribution in [0.15, 0.2) is 84.0 Å². The Morgan fingerprint density at radius 2 is 1.71 bits per heavy atom. The van der Waals surface area contributed by atoms with Crippen molar-refractivity contribution in [2.75, 3.05) is 17.7 Å². The quantitative estimate of drug-likeness (QED) is 0.294. The van der Waals surface area contributed by atoms with Crippen LogP contribution in [0.2, 0.25) is 0 Å². The molecule has 0 spiro atoms. The van der Waals surface area contributed by atoms with Crippen LogP contribution < -0.4 is 5.32 Å². The number of benzene rings is 3. The summed E-state index contributed by atoms with van der Waals surface area (Å²) in [6.45, 7) is 1.26. The monoisotopic (exact) mass is 476 g/mol. The van der Waals surface area contributed by atoms with E-state index in [0.29, 0.717) is 22.2 Å². The molecule has 0 atom stereocenters. The number of nitrogens with zero attached hydrogens (tertiary/aromatic N) is 3. The van der Waals surface area contributed by atoms with Crippen molar-refractivity contribution in [2.24, 2.45) is 0 Å². The van der Waals surface area contributed by atoms with Gasteiger partial charge in [-0.15, -0.1) is 10.2 Å². The Hall–Kier alpha value is -3.98. The minimum atomic E-state index is -0.583. The van der Waals surface area contributed by atoms with E-state index in [0.717, 1.165) is 23.0 Å². The maximum atomic E-state index is 13.4. The van der Waals surface area contributed by atoms with Gasteiger partial charge in [-0.2, -0.15) is 0 Å². The third kappa shape index (κ3) is 5.68. The molecule has 34 heavy (non-hydrogen) atoms. The molecule has 1 heterocycles. The summed E-state index contributed by atoms with van der Waals surface area (Å²) in [6, 6.07) is 23.3. The van der Waals surface area contributed by atoms with Crippen molar-refractivity contribution in [1.82, 2.24) is 14.8 Å². The number of carbonyl (C=O) groups is 2. The van der Waals surface area contributed by atoms with E-state index in [1.165, 1.54) is 12.1 Å². The van der Waals surface area contributed by atoms with Crippen LogP contribution in [0, 0.1) is 12.7 Å². The summed E-state index contributed by atoms with van der Waals surface area (Å²) >= 11 is 1.16. The lowest BCUT2D eigenvalue weighted by Crippen LogP contribution is -2.22. The first-order valence-corrected chi connectivity index (χ1v) is 11.4. The van der Waals surface area contributed by atoms with Gasteiger partial charge in [0.15, 0.2) is 17.6 Å². The summed E-state index contributed by atoms with van der Waals surface area (Å²) in [5, 5.41) is 11.6. The smallest absolute Gasteiger partial charge is 0.316 e. The van der Waals surface area contributed by atoms with Gasteiger partial charge in [-0.3, -0.25) is 14.2 Å². The molecule has 4 aromatic rings. The Balaban J connectivity index is 1.40. The van der Waals surface area contributed by atoms with E-state index in [1.54, 1.807) is 13.0 Å². The standard InChI is InChI=1S/C25H21FN4O3S/c1-17-12-13-19(26)14-21(17)27-22(31)15-33-23(32)16-34-25-29-28-24(18-8-4-2-5-9-18)30(25)20-10-6-3-7-11-20/h2-14H,15-16H2,1H3,(H,27,31). The molecule has 0 aliphatic heterocycles. The highest BCUT2D eigenvalue weighted by atomic mass is 32.2. The van der Waals surface area contributed by atoms with Gasteiger partial charge in [-0.25, -0.2) is 4.39 Å². The number of hydrogen-bond donors (Lipinski definition) is 1. The summed E-state index contributed by atoms with van der Waals surface area (Å²) in [5.41, 5.74) is 2.77. The van der Waals surface area contributed by atoms with Crippen LogP contribution in [0.3, 0.4) is 0 Å². The number of ether oxygens (including phenoxy) is 1. The first-order valence-electron chi connectivity index (χ1n) is 10.4. The van der Waals surface area contributed by atoms with E-state index < -0.39 is 24.3 Å². The van der Waals surface area contributed by atoms with Crippen molar-refractivity contribution in [1.29, 1.82) is 0 Å². The number of thioether (sulfide) groups is 1. The van der Waals surface area contributed by atoms with Crippen molar-refractivity contribution in [3.8, 4) is 17.1 Å². The molecule has 1 amide bonds. The van der Waals surface area contributed by atoms with Crippen molar-refractivity contribution in [3.05, 3.63) is 90.2 Å². The number of nitrogens with one attached hydrogen (secondary N) is 1. The summed E-state index contributed by atoms with van der Waals surface area (Å²) < 4.78 is 20.3. The molecule has 0 aliphatic carbocycles. The van der Waals surface area contributed by atoms with Crippen LogP contribution in [-0.4, -0.2) is 39.0 Å². The van der Waals surface area contributed by atoms with E-state index in [4.69, 9.17) is 4.74 Å². The highest BCUT2D eigenvalue weighted by molar-refractivity contribution is 7.99. The molecular formula is C25H21FN4O3S. The number of esters is 1. The Morgan fingerprint density at radius 1 is 1.00 bits per heavy atom. The zero-order chi connectivity index (χ0) is 23.9. The van der Waals surface area contributed by atoms with E-state index in [1.807, 2.05) is 65.2 Å². The Morgan fingerprint density at radius 3 is 2.44 bits per heavy atom. The number of anilines is 1. The first-order chi connectivity index (χ1) is 16.5. The predicted octanol–water partition coefficient (Wildman–Crippen LogP) is 4.66. The Bertz CT molecular complexity index is 1300. The summed E-state index contributed by atoms with van der Waals surface area (Å²) in [6.07, 6.45) is 0. The molecule has 0 aliphatic rings. The molecule has 172 valence electrons. The highest BCUT2D eigenvalue weighted by Gasteiger charge is 2.18. The van der Waals surface area contributed by atoms with Crippen molar-refractivity contribution in [3.63, 3.8) is 0 Å². The van der Waals surface area contributed by atoms with Crippen molar-refractivity contribution >= 4 is 29.3 Å². The molecule has 0 bridgehead atoms. The van der Waals surface area contributed by atoms with Gasteiger partial charge < -0.3 is 10.1 Å². The zero-order valence-electron chi connectivity index (χ0n) is 18.3. The molecule has 9 heteroatoms. The van der Waals surface area contributed by atoms with E-state index in [9.17, 15) is 14.0 Å². The number of halogens is 1. The number of aromatic nitrogens is 3. The van der Waals surface area contributed by atoms with Gasteiger partial charge in [0.1, 0.15) is 5.82 Å². The van der Waals surface area contributed by atoms with Gasteiger partial charge in [-0.05, 0) is 36.8 Å². The molecule has 1 N–H and O–H groups in total. The maximum Gasteiger partial charge on any atom is 0.316 e. The van der Waals surface area contributed by atoms with Gasteiger partial charge >= 0.3 is 5.97 Å². The second kappa shape index (κ2) is 10.8. The lowest BCUT2D eigenvalue weighted by Gasteiger charge is -2.11. The molecule has 3 aromatic carbocycles. The molecule has 0 fully saturated rings. The molecule has 0 unspecified atom stereocenters. The average molecular weight is 477 g/mol. The van der Waals surface area contributed by atoms with E-state index in [-0.39, 0.29) is 5.75 Å². The van der Waals surface area contributed by atoms with Crippen LogP contribution in [0.5, 0.6) is 0 Å². The maximum absolute atomic E-state index is 13.4. The SMILES string of the molecule is Cc1ccc(F)cc1NC(=O)COC(=O)CSc1nnc(-c2ccccc2)n1-c1ccccc1. The molecule has 0 saturated heterocycles. The van der Waals surface area contributed by atoms with E-state index >= 15 is 0 Å². The number of hydrogen-bond acceptors (Lipinski definition) is 6. The van der Waals surface area contributed by atoms with Crippen LogP contribution in [-0.2, 0) is 14.3 Å².